The van der Waals surface area contributed by atoms with Crippen molar-refractivity contribution in [3.8, 4) is 0 Å². The van der Waals surface area contributed by atoms with Crippen molar-refractivity contribution in [2.75, 3.05) is 13.1 Å². The van der Waals surface area contributed by atoms with Crippen molar-refractivity contribution in [2.45, 2.75) is 66.8 Å². The number of benzene rings is 1. The summed E-state index contributed by atoms with van der Waals surface area (Å²) in [5.74, 6) is 0.715. The molecule has 1 aromatic rings. The maximum atomic E-state index is 4.30. The molecule has 0 N–H and O–H groups in total. The molecule has 152 valence electrons. The second kappa shape index (κ2) is 11.2. The Kier molecular flexibility index (Phi) is 8.99. The number of hydrogen-bond donors (Lipinski definition) is 0. The highest BCUT2D eigenvalue weighted by atomic mass is 15.1. The van der Waals surface area contributed by atoms with Crippen LogP contribution in [0.5, 0.6) is 0 Å². The molecular formula is C27H39N. The van der Waals surface area contributed by atoms with E-state index in [0.29, 0.717) is 5.92 Å². The minimum Gasteiger partial charge on any atom is -0.295 e. The second-order valence-corrected chi connectivity index (χ2v) is 8.62. The Hall–Kier alpha value is -1.86. The molecule has 0 saturated carbocycles. The van der Waals surface area contributed by atoms with Crippen LogP contribution < -0.4 is 0 Å². The van der Waals surface area contributed by atoms with Crippen LogP contribution in [0.25, 0.3) is 0 Å². The van der Waals surface area contributed by atoms with Crippen LogP contribution in [0.15, 0.2) is 71.4 Å². The summed E-state index contributed by atoms with van der Waals surface area (Å²) < 4.78 is 0. The SMILES string of the molecule is C=C(C)/C(=C/C1=C(CC)CCC=C1)CN(CCC(C)C)Cc1ccccc1C. The van der Waals surface area contributed by atoms with Crippen LogP contribution in [0, 0.1) is 12.8 Å². The van der Waals surface area contributed by atoms with E-state index in [0.717, 1.165) is 26.1 Å². The van der Waals surface area contributed by atoms with E-state index in [1.807, 2.05) is 0 Å². The largest absolute Gasteiger partial charge is 0.295 e. The van der Waals surface area contributed by atoms with Crippen molar-refractivity contribution in [3.63, 3.8) is 0 Å². The van der Waals surface area contributed by atoms with Gasteiger partial charge in [-0.15, -0.1) is 0 Å². The molecule has 0 unspecified atom stereocenters. The second-order valence-electron chi connectivity index (χ2n) is 8.62. The molecule has 1 heteroatoms. The zero-order valence-corrected chi connectivity index (χ0v) is 18.7. The summed E-state index contributed by atoms with van der Waals surface area (Å²) in [7, 11) is 0. The van der Waals surface area contributed by atoms with Gasteiger partial charge in [-0.2, -0.15) is 0 Å². The van der Waals surface area contributed by atoms with E-state index < -0.39 is 0 Å². The predicted molar refractivity (Wildman–Crippen MR) is 124 cm³/mol. The monoisotopic (exact) mass is 377 g/mol. The number of rotatable bonds is 10. The lowest BCUT2D eigenvalue weighted by atomic mass is 9.93. The summed E-state index contributed by atoms with van der Waals surface area (Å²) in [5.41, 5.74) is 8.34. The molecule has 1 aromatic carbocycles. The third-order valence-electron chi connectivity index (χ3n) is 5.69. The van der Waals surface area contributed by atoms with Gasteiger partial charge < -0.3 is 0 Å². The molecule has 0 atom stereocenters. The molecular weight excluding hydrogens is 338 g/mol. The van der Waals surface area contributed by atoms with Crippen molar-refractivity contribution in [2.24, 2.45) is 5.92 Å². The molecule has 1 aliphatic carbocycles. The first kappa shape index (κ1) is 22.4. The van der Waals surface area contributed by atoms with Gasteiger partial charge in [0.1, 0.15) is 0 Å². The predicted octanol–water partition coefficient (Wildman–Crippen LogP) is 7.40. The van der Waals surface area contributed by atoms with E-state index in [9.17, 15) is 0 Å². The van der Waals surface area contributed by atoms with Crippen molar-refractivity contribution in [1.29, 1.82) is 0 Å². The van der Waals surface area contributed by atoms with Gasteiger partial charge in [0.05, 0.1) is 0 Å². The summed E-state index contributed by atoms with van der Waals surface area (Å²) in [5, 5.41) is 0. The fourth-order valence-corrected chi connectivity index (χ4v) is 3.68. The highest BCUT2D eigenvalue weighted by Crippen LogP contribution is 2.25. The molecule has 0 amide bonds. The molecule has 0 spiro atoms. The lowest BCUT2D eigenvalue weighted by Crippen LogP contribution is -2.28. The molecule has 0 aromatic heterocycles. The number of aryl methyl sites for hydroxylation is 1. The van der Waals surface area contributed by atoms with Crippen LogP contribution in [0.2, 0.25) is 0 Å². The van der Waals surface area contributed by atoms with Crippen molar-refractivity contribution in [1.82, 2.24) is 4.90 Å². The van der Waals surface area contributed by atoms with Crippen molar-refractivity contribution >= 4 is 0 Å². The first-order valence-corrected chi connectivity index (χ1v) is 10.9. The lowest BCUT2D eigenvalue weighted by molar-refractivity contribution is 0.270. The molecule has 1 nitrogen and oxygen atoms in total. The summed E-state index contributed by atoms with van der Waals surface area (Å²) in [6, 6.07) is 8.77. The van der Waals surface area contributed by atoms with Gasteiger partial charge in [-0.3, -0.25) is 4.90 Å². The minimum atomic E-state index is 0.715. The van der Waals surface area contributed by atoms with Gasteiger partial charge in [0.2, 0.25) is 0 Å². The molecule has 0 aliphatic heterocycles. The summed E-state index contributed by atoms with van der Waals surface area (Å²) in [4.78, 5) is 2.60. The third kappa shape index (κ3) is 6.95. The van der Waals surface area contributed by atoms with E-state index in [2.05, 4.69) is 88.6 Å². The Labute approximate surface area is 173 Å². The van der Waals surface area contributed by atoms with Crippen molar-refractivity contribution < 1.29 is 0 Å². The van der Waals surface area contributed by atoms with E-state index in [-0.39, 0.29) is 0 Å². The number of allylic oxidation sites excluding steroid dienone is 5. The summed E-state index contributed by atoms with van der Waals surface area (Å²) in [6.07, 6.45) is 11.8. The average Bonchev–Trinajstić information content (AvgIpc) is 2.67. The van der Waals surface area contributed by atoms with E-state index in [1.54, 1.807) is 5.57 Å². The average molecular weight is 378 g/mol. The maximum absolute atomic E-state index is 4.30. The zero-order valence-electron chi connectivity index (χ0n) is 18.7. The van der Waals surface area contributed by atoms with Crippen LogP contribution in [0.3, 0.4) is 0 Å². The Morgan fingerprint density at radius 3 is 2.64 bits per heavy atom. The molecule has 0 heterocycles. The third-order valence-corrected chi connectivity index (χ3v) is 5.69. The summed E-state index contributed by atoms with van der Waals surface area (Å²) in [6.45, 7) is 18.7. The molecule has 1 aliphatic rings. The number of nitrogens with zero attached hydrogens (tertiary/aromatic N) is 1. The standard InChI is InChI=1S/C27H39N/c1-7-24-13-10-11-14-25(24)18-27(22(4)5)20-28(17-16-21(2)3)19-26-15-9-8-12-23(26)6/h8-9,11-12,14-15,18,21H,4,7,10,13,16-17,19-20H2,1-3,5-6H3/b27-18+. The van der Waals surface area contributed by atoms with Gasteiger partial charge in [0.25, 0.3) is 0 Å². The fraction of sp³-hybridized carbons (Fsp3) is 0.481. The molecule has 0 fully saturated rings. The van der Waals surface area contributed by atoms with E-state index in [4.69, 9.17) is 0 Å². The molecule has 28 heavy (non-hydrogen) atoms. The van der Waals surface area contributed by atoms with Gasteiger partial charge in [-0.1, -0.05) is 81.0 Å². The lowest BCUT2D eigenvalue weighted by Gasteiger charge is -2.26. The summed E-state index contributed by atoms with van der Waals surface area (Å²) >= 11 is 0. The quantitative estimate of drug-likeness (QED) is 0.384. The van der Waals surface area contributed by atoms with Crippen LogP contribution in [-0.2, 0) is 6.54 Å². The normalized spacial score (nSPS) is 15.0. The van der Waals surface area contributed by atoms with Gasteiger partial charge in [0, 0.05) is 13.1 Å². The Bertz CT molecular complexity index is 745. The smallest absolute Gasteiger partial charge is 0.0239 e. The van der Waals surface area contributed by atoms with Gasteiger partial charge in [-0.25, -0.2) is 0 Å². The fourth-order valence-electron chi connectivity index (χ4n) is 3.68. The highest BCUT2D eigenvalue weighted by molar-refractivity contribution is 5.44. The first-order chi connectivity index (χ1) is 13.4. The highest BCUT2D eigenvalue weighted by Gasteiger charge is 2.13. The minimum absolute atomic E-state index is 0.715. The van der Waals surface area contributed by atoms with Gasteiger partial charge in [-0.05, 0) is 74.3 Å². The Balaban J connectivity index is 2.26. The van der Waals surface area contributed by atoms with Crippen LogP contribution >= 0.6 is 0 Å². The molecule has 0 saturated heterocycles. The van der Waals surface area contributed by atoms with Gasteiger partial charge >= 0.3 is 0 Å². The molecule has 0 bridgehead atoms. The van der Waals surface area contributed by atoms with E-state index >= 15 is 0 Å². The first-order valence-electron chi connectivity index (χ1n) is 10.9. The van der Waals surface area contributed by atoms with E-state index in [1.165, 1.54) is 47.1 Å². The Morgan fingerprint density at radius 1 is 1.25 bits per heavy atom. The molecule has 2 rings (SSSR count). The zero-order chi connectivity index (χ0) is 20.5. The topological polar surface area (TPSA) is 3.24 Å². The van der Waals surface area contributed by atoms with Crippen LogP contribution in [-0.4, -0.2) is 18.0 Å². The van der Waals surface area contributed by atoms with Crippen LogP contribution in [0.4, 0.5) is 0 Å². The van der Waals surface area contributed by atoms with Crippen molar-refractivity contribution in [3.05, 3.63) is 82.5 Å². The molecule has 0 radical (unpaired) electrons. The number of hydrogen-bond acceptors (Lipinski definition) is 1. The van der Waals surface area contributed by atoms with Crippen LogP contribution in [0.1, 0.15) is 64.5 Å². The van der Waals surface area contributed by atoms with Gasteiger partial charge in [0.15, 0.2) is 0 Å². The Morgan fingerprint density at radius 2 is 2.00 bits per heavy atom. The maximum Gasteiger partial charge on any atom is 0.0239 e.